The highest BCUT2D eigenvalue weighted by Crippen LogP contribution is 2.26. The molecule has 1 aromatic carbocycles. The fourth-order valence-corrected chi connectivity index (χ4v) is 2.12. The van der Waals surface area contributed by atoms with E-state index in [2.05, 4.69) is 10.2 Å². The van der Waals surface area contributed by atoms with E-state index in [0.29, 0.717) is 5.56 Å². The van der Waals surface area contributed by atoms with Crippen LogP contribution in [0.4, 0.5) is 13.2 Å². The molecule has 0 atom stereocenters. The lowest BCUT2D eigenvalue weighted by molar-refractivity contribution is -0.275. The van der Waals surface area contributed by atoms with Crippen molar-refractivity contribution in [1.82, 2.24) is 5.48 Å². The molecule has 0 spiro atoms. The highest BCUT2D eigenvalue weighted by atomic mass is 19.4. The molecule has 1 aliphatic rings. The predicted molar refractivity (Wildman–Crippen MR) is 63.3 cm³/mol. The summed E-state index contributed by atoms with van der Waals surface area (Å²) < 4.78 is 40.6. The number of hydrogen-bond donors (Lipinski definition) is 1. The number of hydroxylamine groups is 1. The molecule has 6 heteroatoms. The molecule has 0 heterocycles. The molecule has 1 fully saturated rings. The topological polar surface area (TPSA) is 30.5 Å². The quantitative estimate of drug-likeness (QED) is 0.834. The highest BCUT2D eigenvalue weighted by molar-refractivity contribution is 5.33. The summed E-state index contributed by atoms with van der Waals surface area (Å²) in [5.74, 6) is -0.197. The van der Waals surface area contributed by atoms with E-state index in [1.165, 1.54) is 12.1 Å². The van der Waals surface area contributed by atoms with E-state index in [9.17, 15) is 13.2 Å². The number of halogens is 3. The normalized spacial score (nSPS) is 16.8. The smallest absolute Gasteiger partial charge is 0.405 e. The molecule has 0 bridgehead atoms. The van der Waals surface area contributed by atoms with Gasteiger partial charge in [-0.05, 0) is 18.9 Å². The molecule has 19 heavy (non-hydrogen) atoms. The molecule has 0 aliphatic heterocycles. The van der Waals surface area contributed by atoms with Gasteiger partial charge in [0.15, 0.2) is 0 Å². The lowest BCUT2D eigenvalue weighted by Crippen LogP contribution is -2.23. The van der Waals surface area contributed by atoms with Gasteiger partial charge in [-0.25, -0.2) is 0 Å². The van der Waals surface area contributed by atoms with Crippen LogP contribution in [0.15, 0.2) is 24.3 Å². The summed E-state index contributed by atoms with van der Waals surface area (Å²) in [4.78, 5) is 5.41. The molecule has 1 aliphatic carbocycles. The standard InChI is InChI=1S/C13H16F3NO2/c14-13(15,16)18-12-8-4-1-5-10(12)9-17-19-11-6-2-3-7-11/h1,4-5,8,11,17H,2-3,6-7,9H2. The van der Waals surface area contributed by atoms with Gasteiger partial charge in [0.1, 0.15) is 5.75 Å². The van der Waals surface area contributed by atoms with Crippen LogP contribution >= 0.6 is 0 Å². The summed E-state index contributed by atoms with van der Waals surface area (Å²) in [6.07, 6.45) is -0.250. The molecular weight excluding hydrogens is 259 g/mol. The van der Waals surface area contributed by atoms with Crippen LogP contribution in [0.25, 0.3) is 0 Å². The Morgan fingerprint density at radius 1 is 1.16 bits per heavy atom. The summed E-state index contributed by atoms with van der Waals surface area (Å²) in [7, 11) is 0. The first-order valence-electron chi connectivity index (χ1n) is 6.27. The SMILES string of the molecule is FC(F)(F)Oc1ccccc1CNOC1CCCC1. The Morgan fingerprint density at radius 2 is 1.84 bits per heavy atom. The van der Waals surface area contributed by atoms with Gasteiger partial charge in [-0.15, -0.1) is 13.2 Å². The number of ether oxygens (including phenoxy) is 1. The van der Waals surface area contributed by atoms with Crippen molar-refractivity contribution < 1.29 is 22.7 Å². The molecule has 1 N–H and O–H groups in total. The maximum absolute atomic E-state index is 12.2. The van der Waals surface area contributed by atoms with Gasteiger partial charge in [0.05, 0.1) is 6.10 Å². The van der Waals surface area contributed by atoms with Crippen molar-refractivity contribution in [2.45, 2.75) is 44.7 Å². The Balaban J connectivity index is 1.88. The fourth-order valence-electron chi connectivity index (χ4n) is 2.12. The van der Waals surface area contributed by atoms with Gasteiger partial charge in [0, 0.05) is 12.1 Å². The minimum Gasteiger partial charge on any atom is -0.405 e. The number of rotatable bonds is 5. The van der Waals surface area contributed by atoms with E-state index < -0.39 is 6.36 Å². The van der Waals surface area contributed by atoms with Gasteiger partial charge < -0.3 is 4.74 Å². The first kappa shape index (κ1) is 14.1. The third-order valence-corrected chi connectivity index (χ3v) is 3.01. The van der Waals surface area contributed by atoms with Crippen molar-refractivity contribution in [3.63, 3.8) is 0 Å². The molecule has 0 amide bonds. The first-order valence-corrected chi connectivity index (χ1v) is 6.27. The Labute approximate surface area is 109 Å². The second-order valence-electron chi connectivity index (χ2n) is 4.50. The van der Waals surface area contributed by atoms with E-state index in [4.69, 9.17) is 4.84 Å². The van der Waals surface area contributed by atoms with Crippen LogP contribution in [0.3, 0.4) is 0 Å². The lowest BCUT2D eigenvalue weighted by Gasteiger charge is -2.15. The minimum absolute atomic E-state index is 0.163. The minimum atomic E-state index is -4.68. The van der Waals surface area contributed by atoms with Crippen molar-refractivity contribution >= 4 is 0 Å². The van der Waals surface area contributed by atoms with Crippen LogP contribution in [0.1, 0.15) is 31.2 Å². The van der Waals surface area contributed by atoms with Crippen molar-refractivity contribution in [2.24, 2.45) is 0 Å². The maximum Gasteiger partial charge on any atom is 0.573 e. The van der Waals surface area contributed by atoms with Crippen molar-refractivity contribution in [2.75, 3.05) is 0 Å². The zero-order valence-corrected chi connectivity index (χ0v) is 10.4. The summed E-state index contributed by atoms with van der Waals surface area (Å²) in [6, 6.07) is 6.03. The van der Waals surface area contributed by atoms with Gasteiger partial charge >= 0.3 is 6.36 Å². The number of nitrogens with one attached hydrogen (secondary N) is 1. The van der Waals surface area contributed by atoms with E-state index in [1.54, 1.807) is 12.1 Å². The third-order valence-electron chi connectivity index (χ3n) is 3.01. The molecule has 0 saturated heterocycles. The van der Waals surface area contributed by atoms with E-state index in [1.807, 2.05) is 0 Å². The van der Waals surface area contributed by atoms with Crippen molar-refractivity contribution in [3.8, 4) is 5.75 Å². The Bertz CT molecular complexity index is 403. The van der Waals surface area contributed by atoms with Crippen LogP contribution < -0.4 is 10.2 Å². The van der Waals surface area contributed by atoms with Crippen LogP contribution in [-0.4, -0.2) is 12.5 Å². The average molecular weight is 275 g/mol. The summed E-state index contributed by atoms with van der Waals surface area (Å²) in [6.45, 7) is 0.183. The molecular formula is C13H16F3NO2. The first-order chi connectivity index (χ1) is 9.04. The fraction of sp³-hybridized carbons (Fsp3) is 0.538. The number of hydrogen-bond acceptors (Lipinski definition) is 3. The average Bonchev–Trinajstić information content (AvgIpc) is 2.82. The number of benzene rings is 1. The van der Waals surface area contributed by atoms with Crippen LogP contribution in [0.2, 0.25) is 0 Å². The monoisotopic (exact) mass is 275 g/mol. The van der Waals surface area contributed by atoms with Crippen LogP contribution in [-0.2, 0) is 11.4 Å². The number of para-hydroxylation sites is 1. The highest BCUT2D eigenvalue weighted by Gasteiger charge is 2.31. The van der Waals surface area contributed by atoms with Crippen LogP contribution in [0, 0.1) is 0 Å². The number of alkyl halides is 3. The second kappa shape index (κ2) is 6.25. The molecule has 0 radical (unpaired) electrons. The molecule has 2 rings (SSSR count). The van der Waals surface area contributed by atoms with Gasteiger partial charge in [0.2, 0.25) is 0 Å². The van der Waals surface area contributed by atoms with Crippen molar-refractivity contribution in [1.29, 1.82) is 0 Å². The second-order valence-corrected chi connectivity index (χ2v) is 4.50. The lowest BCUT2D eigenvalue weighted by atomic mass is 10.2. The molecule has 0 aromatic heterocycles. The Morgan fingerprint density at radius 3 is 2.53 bits per heavy atom. The van der Waals surface area contributed by atoms with Gasteiger partial charge in [-0.2, -0.15) is 5.48 Å². The summed E-state index contributed by atoms with van der Waals surface area (Å²) in [5.41, 5.74) is 3.14. The molecule has 0 unspecified atom stereocenters. The summed E-state index contributed by atoms with van der Waals surface area (Å²) >= 11 is 0. The molecule has 106 valence electrons. The molecule has 3 nitrogen and oxygen atoms in total. The van der Waals surface area contributed by atoms with E-state index in [-0.39, 0.29) is 18.4 Å². The van der Waals surface area contributed by atoms with Crippen molar-refractivity contribution in [3.05, 3.63) is 29.8 Å². The van der Waals surface area contributed by atoms with E-state index in [0.717, 1.165) is 25.7 Å². The van der Waals surface area contributed by atoms with Gasteiger partial charge in [-0.1, -0.05) is 31.0 Å². The zero-order valence-electron chi connectivity index (χ0n) is 10.4. The maximum atomic E-state index is 12.2. The third kappa shape index (κ3) is 4.72. The van der Waals surface area contributed by atoms with Gasteiger partial charge in [0.25, 0.3) is 0 Å². The zero-order chi connectivity index (χ0) is 13.7. The molecule has 1 aromatic rings. The predicted octanol–water partition coefficient (Wildman–Crippen LogP) is 3.55. The Hall–Kier alpha value is -1.27. The summed E-state index contributed by atoms with van der Waals surface area (Å²) in [5, 5.41) is 0. The largest absolute Gasteiger partial charge is 0.573 e. The van der Waals surface area contributed by atoms with Gasteiger partial charge in [-0.3, -0.25) is 4.84 Å². The Kier molecular flexibility index (Phi) is 4.66. The van der Waals surface area contributed by atoms with Crippen LogP contribution in [0.5, 0.6) is 5.75 Å². The molecule has 1 saturated carbocycles. The van der Waals surface area contributed by atoms with E-state index >= 15 is 0 Å².